The minimum atomic E-state index is -0.734. The highest BCUT2D eigenvalue weighted by molar-refractivity contribution is 6.42. The van der Waals surface area contributed by atoms with E-state index in [-0.39, 0.29) is 24.5 Å². The lowest BCUT2D eigenvalue weighted by Gasteiger charge is -2.20. The molecule has 150 valence electrons. The third-order valence-corrected chi connectivity index (χ3v) is 5.19. The largest absolute Gasteiger partial charge is 0.383 e. The molecule has 3 rings (SSSR count). The molecule has 3 aromatic rings. The smallest absolute Gasteiger partial charge is 0.330 e. The maximum Gasteiger partial charge on any atom is 0.330 e. The molecule has 0 unspecified atom stereocenters. The summed E-state index contributed by atoms with van der Waals surface area (Å²) in [7, 11) is 1.43. The van der Waals surface area contributed by atoms with Crippen LogP contribution in [0.4, 0.5) is 11.5 Å². The molecular formula is C20H18Cl2N4O3. The molecule has 3 N–H and O–H groups in total. The SMILES string of the molecule is CN(C(=O)Cc1ccc(Cl)c(Cl)c1)c1c(N)n(Cc2ccccc2)c(=O)[nH]c1=O. The molecule has 9 heteroatoms. The lowest BCUT2D eigenvalue weighted by Crippen LogP contribution is -2.40. The van der Waals surface area contributed by atoms with Crippen molar-refractivity contribution in [2.75, 3.05) is 17.7 Å². The molecule has 1 heterocycles. The lowest BCUT2D eigenvalue weighted by molar-refractivity contribution is -0.117. The molecule has 0 aliphatic rings. The van der Waals surface area contributed by atoms with Crippen molar-refractivity contribution in [3.8, 4) is 0 Å². The number of likely N-dealkylation sites (N-methyl/N-ethyl adjacent to an activating group) is 1. The average molecular weight is 433 g/mol. The number of amides is 1. The number of aromatic amines is 1. The maximum atomic E-state index is 12.7. The molecule has 0 radical (unpaired) electrons. The second-order valence-electron chi connectivity index (χ2n) is 6.44. The predicted octanol–water partition coefficient (Wildman–Crippen LogP) is 2.68. The van der Waals surface area contributed by atoms with Gasteiger partial charge in [-0.05, 0) is 23.3 Å². The molecule has 2 aromatic carbocycles. The van der Waals surface area contributed by atoms with Crippen LogP contribution in [0.25, 0.3) is 0 Å². The van der Waals surface area contributed by atoms with Crippen molar-refractivity contribution in [3.63, 3.8) is 0 Å². The zero-order valence-corrected chi connectivity index (χ0v) is 17.0. The summed E-state index contributed by atoms with van der Waals surface area (Å²) >= 11 is 11.9. The van der Waals surface area contributed by atoms with E-state index in [4.69, 9.17) is 28.9 Å². The molecule has 0 saturated carbocycles. The van der Waals surface area contributed by atoms with Crippen molar-refractivity contribution in [1.29, 1.82) is 0 Å². The Hall–Kier alpha value is -3.03. The van der Waals surface area contributed by atoms with Gasteiger partial charge < -0.3 is 10.6 Å². The number of rotatable bonds is 5. The fourth-order valence-electron chi connectivity index (χ4n) is 2.89. The van der Waals surface area contributed by atoms with Crippen molar-refractivity contribution in [3.05, 3.63) is 90.5 Å². The van der Waals surface area contributed by atoms with E-state index >= 15 is 0 Å². The van der Waals surface area contributed by atoms with Crippen LogP contribution in [0.15, 0.2) is 58.1 Å². The second-order valence-corrected chi connectivity index (χ2v) is 7.26. The highest BCUT2D eigenvalue weighted by Gasteiger charge is 2.21. The van der Waals surface area contributed by atoms with E-state index < -0.39 is 17.2 Å². The molecule has 0 aliphatic carbocycles. The number of hydrogen-bond donors (Lipinski definition) is 2. The highest BCUT2D eigenvalue weighted by atomic mass is 35.5. The zero-order valence-electron chi connectivity index (χ0n) is 15.5. The van der Waals surface area contributed by atoms with Gasteiger partial charge >= 0.3 is 5.69 Å². The Morgan fingerprint density at radius 3 is 2.41 bits per heavy atom. The monoisotopic (exact) mass is 432 g/mol. The number of carbonyl (C=O) groups is 1. The molecule has 0 fully saturated rings. The Kier molecular flexibility index (Phi) is 6.10. The summed E-state index contributed by atoms with van der Waals surface area (Å²) in [4.78, 5) is 40.7. The number of nitrogens with one attached hydrogen (secondary N) is 1. The van der Waals surface area contributed by atoms with Gasteiger partial charge in [0.15, 0.2) is 5.69 Å². The van der Waals surface area contributed by atoms with Crippen LogP contribution in [0.2, 0.25) is 10.0 Å². The first-order valence-corrected chi connectivity index (χ1v) is 9.40. The number of carbonyl (C=O) groups excluding carboxylic acids is 1. The number of hydrogen-bond acceptors (Lipinski definition) is 4. The number of H-pyrrole nitrogens is 1. The van der Waals surface area contributed by atoms with Gasteiger partial charge in [-0.1, -0.05) is 59.6 Å². The third-order valence-electron chi connectivity index (χ3n) is 4.45. The summed E-state index contributed by atoms with van der Waals surface area (Å²) in [6.45, 7) is 0.157. The molecule has 0 bridgehead atoms. The Morgan fingerprint density at radius 2 is 1.76 bits per heavy atom. The molecule has 0 saturated heterocycles. The van der Waals surface area contributed by atoms with E-state index in [9.17, 15) is 14.4 Å². The van der Waals surface area contributed by atoms with Crippen LogP contribution < -0.4 is 21.9 Å². The summed E-state index contributed by atoms with van der Waals surface area (Å²) in [5.74, 6) is -0.488. The number of aromatic nitrogens is 2. The van der Waals surface area contributed by atoms with E-state index in [1.807, 2.05) is 30.3 Å². The van der Waals surface area contributed by atoms with Crippen molar-refractivity contribution < 1.29 is 4.79 Å². The van der Waals surface area contributed by atoms with Crippen LogP contribution in [0.1, 0.15) is 11.1 Å². The lowest BCUT2D eigenvalue weighted by atomic mass is 10.1. The zero-order chi connectivity index (χ0) is 21.1. The van der Waals surface area contributed by atoms with Crippen LogP contribution in [0, 0.1) is 0 Å². The van der Waals surface area contributed by atoms with E-state index in [0.717, 1.165) is 10.5 Å². The third kappa shape index (κ3) is 4.52. The van der Waals surface area contributed by atoms with Crippen LogP contribution in [0.3, 0.4) is 0 Å². The number of nitrogens with zero attached hydrogens (tertiary/aromatic N) is 2. The van der Waals surface area contributed by atoms with Crippen LogP contribution in [-0.2, 0) is 17.8 Å². The van der Waals surface area contributed by atoms with Crippen molar-refractivity contribution in [1.82, 2.24) is 9.55 Å². The predicted molar refractivity (Wildman–Crippen MR) is 115 cm³/mol. The quantitative estimate of drug-likeness (QED) is 0.646. The molecule has 0 spiro atoms. The molecule has 0 aliphatic heterocycles. The Bertz CT molecular complexity index is 1170. The highest BCUT2D eigenvalue weighted by Crippen LogP contribution is 2.23. The van der Waals surface area contributed by atoms with E-state index in [1.54, 1.807) is 18.2 Å². The van der Waals surface area contributed by atoms with Crippen LogP contribution >= 0.6 is 23.2 Å². The Balaban J connectivity index is 1.93. The van der Waals surface area contributed by atoms with Gasteiger partial charge in [0.2, 0.25) is 5.91 Å². The molecule has 1 amide bonds. The number of nitrogens with two attached hydrogens (primary N) is 1. The number of halogens is 2. The van der Waals surface area contributed by atoms with Crippen LogP contribution in [-0.4, -0.2) is 22.5 Å². The number of benzene rings is 2. The standard InChI is InChI=1S/C20H18Cl2N4O3/c1-25(16(27)10-13-7-8-14(21)15(22)9-13)17-18(23)26(20(29)24-19(17)28)11-12-5-3-2-4-6-12/h2-9H,10-11,23H2,1H3,(H,24,28,29). The van der Waals surface area contributed by atoms with Crippen molar-refractivity contribution in [2.24, 2.45) is 0 Å². The van der Waals surface area contributed by atoms with Crippen LogP contribution in [0.5, 0.6) is 0 Å². The van der Waals surface area contributed by atoms with Crippen molar-refractivity contribution >= 4 is 40.6 Å². The topological polar surface area (TPSA) is 101 Å². The van der Waals surface area contributed by atoms with Gasteiger partial charge in [-0.3, -0.25) is 19.1 Å². The summed E-state index contributed by atoms with van der Waals surface area (Å²) in [5, 5.41) is 0.707. The summed E-state index contributed by atoms with van der Waals surface area (Å²) in [6, 6.07) is 14.0. The average Bonchev–Trinajstić information content (AvgIpc) is 2.68. The molecule has 1 aromatic heterocycles. The first-order valence-electron chi connectivity index (χ1n) is 8.65. The van der Waals surface area contributed by atoms with Gasteiger partial charge in [-0.2, -0.15) is 0 Å². The van der Waals surface area contributed by atoms with Gasteiger partial charge in [-0.25, -0.2) is 4.79 Å². The van der Waals surface area contributed by atoms with E-state index in [1.165, 1.54) is 11.6 Å². The Morgan fingerprint density at radius 1 is 1.07 bits per heavy atom. The fraction of sp³-hybridized carbons (Fsp3) is 0.150. The van der Waals surface area contributed by atoms with Gasteiger partial charge in [0, 0.05) is 7.05 Å². The minimum Gasteiger partial charge on any atom is -0.383 e. The summed E-state index contributed by atoms with van der Waals surface area (Å²) in [5.41, 5.74) is 6.10. The normalized spacial score (nSPS) is 10.7. The molecular weight excluding hydrogens is 415 g/mol. The number of anilines is 2. The maximum absolute atomic E-state index is 12.7. The van der Waals surface area contributed by atoms with Gasteiger partial charge in [0.25, 0.3) is 5.56 Å². The number of nitrogen functional groups attached to an aromatic ring is 1. The van der Waals surface area contributed by atoms with Gasteiger partial charge in [-0.15, -0.1) is 0 Å². The van der Waals surface area contributed by atoms with Crippen molar-refractivity contribution in [2.45, 2.75) is 13.0 Å². The molecule has 29 heavy (non-hydrogen) atoms. The van der Waals surface area contributed by atoms with Gasteiger partial charge in [0.1, 0.15) is 5.82 Å². The molecule has 7 nitrogen and oxygen atoms in total. The first-order chi connectivity index (χ1) is 13.8. The second kappa shape index (κ2) is 8.55. The molecule has 0 atom stereocenters. The summed E-state index contributed by atoms with van der Waals surface area (Å²) < 4.78 is 1.22. The first kappa shape index (κ1) is 20.7. The fourth-order valence-corrected chi connectivity index (χ4v) is 3.21. The summed E-state index contributed by atoms with van der Waals surface area (Å²) in [6.07, 6.45) is -0.0237. The van der Waals surface area contributed by atoms with E-state index in [2.05, 4.69) is 4.98 Å². The Labute approximate surface area is 176 Å². The van der Waals surface area contributed by atoms with Gasteiger partial charge in [0.05, 0.1) is 23.0 Å². The van der Waals surface area contributed by atoms with E-state index in [0.29, 0.717) is 15.6 Å². The minimum absolute atomic E-state index is 0.0237.